The van der Waals surface area contributed by atoms with Gasteiger partial charge in [0.15, 0.2) is 0 Å². The molecule has 164 valence electrons. The van der Waals surface area contributed by atoms with E-state index in [1.165, 1.54) is 12.8 Å². The lowest BCUT2D eigenvalue weighted by Gasteiger charge is -2.39. The summed E-state index contributed by atoms with van der Waals surface area (Å²) in [4.78, 5) is 28.1. The van der Waals surface area contributed by atoms with Gasteiger partial charge in [0.25, 0.3) is 0 Å². The van der Waals surface area contributed by atoms with Gasteiger partial charge in [0.1, 0.15) is 5.75 Å². The first-order chi connectivity index (χ1) is 15.2. The quantitative estimate of drug-likeness (QED) is 0.721. The Morgan fingerprint density at radius 2 is 1.77 bits per heavy atom. The van der Waals surface area contributed by atoms with Crippen LogP contribution in [0, 0.1) is 0 Å². The van der Waals surface area contributed by atoms with Gasteiger partial charge in [-0.15, -0.1) is 0 Å². The van der Waals surface area contributed by atoms with Gasteiger partial charge < -0.3 is 15.4 Å². The Bertz CT molecular complexity index is 879. The Morgan fingerprint density at radius 3 is 2.45 bits per heavy atom. The van der Waals surface area contributed by atoms with E-state index in [4.69, 9.17) is 4.74 Å². The first-order valence-corrected chi connectivity index (χ1v) is 11.2. The van der Waals surface area contributed by atoms with Crippen molar-refractivity contribution in [2.75, 3.05) is 20.2 Å². The number of amides is 2. The first kappa shape index (κ1) is 21.4. The molecule has 2 aromatic carbocycles. The van der Waals surface area contributed by atoms with Gasteiger partial charge in [-0.2, -0.15) is 0 Å². The van der Waals surface area contributed by atoms with Crippen molar-refractivity contribution in [3.8, 4) is 5.75 Å². The summed E-state index contributed by atoms with van der Waals surface area (Å²) < 4.78 is 5.27. The third-order valence-electron chi connectivity index (χ3n) is 6.43. The van der Waals surface area contributed by atoms with Gasteiger partial charge in [0, 0.05) is 19.1 Å². The molecule has 0 radical (unpaired) electrons. The lowest BCUT2D eigenvalue weighted by Crippen LogP contribution is -2.59. The Balaban J connectivity index is 1.51. The first-order valence-electron chi connectivity index (χ1n) is 11.2. The molecule has 0 bridgehead atoms. The fourth-order valence-corrected chi connectivity index (χ4v) is 4.81. The molecule has 2 N–H and O–H groups in total. The Kier molecular flexibility index (Phi) is 6.87. The third kappa shape index (κ3) is 5.07. The van der Waals surface area contributed by atoms with E-state index < -0.39 is 6.04 Å². The van der Waals surface area contributed by atoms with Crippen molar-refractivity contribution in [1.82, 2.24) is 15.5 Å². The minimum Gasteiger partial charge on any atom is -0.497 e. The Labute approximate surface area is 184 Å². The monoisotopic (exact) mass is 421 g/mol. The van der Waals surface area contributed by atoms with Gasteiger partial charge in [-0.05, 0) is 36.1 Å². The fraction of sp³-hybridized carbons (Fsp3) is 0.440. The highest BCUT2D eigenvalue weighted by Crippen LogP contribution is 2.28. The third-order valence-corrected chi connectivity index (χ3v) is 6.43. The van der Waals surface area contributed by atoms with Crippen molar-refractivity contribution < 1.29 is 14.3 Å². The summed E-state index contributed by atoms with van der Waals surface area (Å²) in [6.45, 7) is 1.47. The van der Waals surface area contributed by atoms with E-state index in [-0.39, 0.29) is 24.3 Å². The van der Waals surface area contributed by atoms with Gasteiger partial charge in [-0.25, -0.2) is 0 Å². The van der Waals surface area contributed by atoms with Crippen LogP contribution in [0.1, 0.15) is 49.3 Å². The normalized spacial score (nSPS) is 20.8. The molecule has 2 unspecified atom stereocenters. The highest BCUT2D eigenvalue weighted by molar-refractivity contribution is 5.89. The molecule has 1 saturated heterocycles. The second-order valence-corrected chi connectivity index (χ2v) is 8.37. The van der Waals surface area contributed by atoms with Crippen LogP contribution >= 0.6 is 0 Å². The van der Waals surface area contributed by atoms with Crippen molar-refractivity contribution in [2.45, 2.75) is 50.2 Å². The van der Waals surface area contributed by atoms with E-state index in [1.807, 2.05) is 54.6 Å². The van der Waals surface area contributed by atoms with Crippen LogP contribution in [0.5, 0.6) is 5.75 Å². The molecule has 1 aliphatic heterocycles. The molecule has 4 rings (SSSR count). The van der Waals surface area contributed by atoms with Gasteiger partial charge in [-0.3, -0.25) is 14.5 Å². The largest absolute Gasteiger partial charge is 0.497 e. The summed E-state index contributed by atoms with van der Waals surface area (Å²) in [6.07, 6.45) is 4.81. The van der Waals surface area contributed by atoms with Gasteiger partial charge in [0.2, 0.25) is 11.8 Å². The van der Waals surface area contributed by atoms with E-state index in [0.717, 1.165) is 36.3 Å². The molecule has 2 fully saturated rings. The molecule has 1 heterocycles. The molecule has 2 atom stereocenters. The molecule has 2 aliphatic rings. The zero-order valence-electron chi connectivity index (χ0n) is 18.0. The summed E-state index contributed by atoms with van der Waals surface area (Å²) in [7, 11) is 1.64. The maximum atomic E-state index is 13.2. The Morgan fingerprint density at radius 1 is 1.10 bits per heavy atom. The number of nitrogens with one attached hydrogen (secondary N) is 2. The van der Waals surface area contributed by atoms with Crippen molar-refractivity contribution in [3.05, 3.63) is 65.7 Å². The standard InChI is InChI=1S/C25H31N3O3/c1-31-21-13-11-19(12-14-21)24(18-7-3-2-4-8-18)27-23(29)17-22-25(30)26-15-16-28(22)20-9-5-6-10-20/h2-4,7-8,11-14,20,22,24H,5-6,9-10,15-17H2,1H3,(H,26,30)(H,27,29). The number of ether oxygens (including phenoxy) is 1. The van der Waals surface area contributed by atoms with Crippen LogP contribution in [0.25, 0.3) is 0 Å². The zero-order valence-corrected chi connectivity index (χ0v) is 18.0. The summed E-state index contributed by atoms with van der Waals surface area (Å²) >= 11 is 0. The highest BCUT2D eigenvalue weighted by Gasteiger charge is 2.37. The minimum atomic E-state index is -0.399. The summed E-state index contributed by atoms with van der Waals surface area (Å²) in [5, 5.41) is 6.13. The minimum absolute atomic E-state index is 0.0333. The average molecular weight is 422 g/mol. The molecule has 2 amide bonds. The van der Waals surface area contributed by atoms with Crippen molar-refractivity contribution in [3.63, 3.8) is 0 Å². The molecule has 31 heavy (non-hydrogen) atoms. The SMILES string of the molecule is COc1ccc(C(NC(=O)CC2C(=O)NCCN2C2CCCC2)c2ccccc2)cc1. The number of rotatable bonds is 7. The van der Waals surface area contributed by atoms with Gasteiger partial charge in [0.05, 0.1) is 25.6 Å². The zero-order chi connectivity index (χ0) is 21.6. The molecule has 1 aliphatic carbocycles. The number of benzene rings is 2. The number of nitrogens with zero attached hydrogens (tertiary/aromatic N) is 1. The number of hydrogen-bond donors (Lipinski definition) is 2. The predicted octanol–water partition coefficient (Wildman–Crippen LogP) is 3.03. The van der Waals surface area contributed by atoms with Crippen molar-refractivity contribution >= 4 is 11.8 Å². The van der Waals surface area contributed by atoms with Crippen molar-refractivity contribution in [2.24, 2.45) is 0 Å². The van der Waals surface area contributed by atoms with Gasteiger partial charge in [-0.1, -0.05) is 55.3 Å². The van der Waals surface area contributed by atoms with Gasteiger partial charge >= 0.3 is 0 Å². The van der Waals surface area contributed by atoms with E-state index in [1.54, 1.807) is 7.11 Å². The number of methoxy groups -OCH3 is 1. The van der Waals surface area contributed by atoms with E-state index in [9.17, 15) is 9.59 Å². The molecule has 0 spiro atoms. The number of carbonyl (C=O) groups excluding carboxylic acids is 2. The van der Waals surface area contributed by atoms with Crippen LogP contribution in [0.4, 0.5) is 0 Å². The van der Waals surface area contributed by atoms with Crippen LogP contribution in [0.3, 0.4) is 0 Å². The predicted molar refractivity (Wildman–Crippen MR) is 120 cm³/mol. The number of hydrogen-bond acceptors (Lipinski definition) is 4. The summed E-state index contributed by atoms with van der Waals surface area (Å²) in [6, 6.07) is 17.4. The van der Waals surface area contributed by atoms with Crippen LogP contribution in [0.2, 0.25) is 0 Å². The van der Waals surface area contributed by atoms with Crippen molar-refractivity contribution in [1.29, 1.82) is 0 Å². The molecule has 0 aromatic heterocycles. The lowest BCUT2D eigenvalue weighted by atomic mass is 9.97. The molecule has 1 saturated carbocycles. The molecular formula is C25H31N3O3. The topological polar surface area (TPSA) is 70.7 Å². The Hall–Kier alpha value is -2.86. The maximum absolute atomic E-state index is 13.2. The molecule has 6 heteroatoms. The second-order valence-electron chi connectivity index (χ2n) is 8.37. The number of piperazine rings is 1. The fourth-order valence-electron chi connectivity index (χ4n) is 4.81. The second kappa shape index (κ2) is 9.96. The van der Waals surface area contributed by atoms with Crippen LogP contribution in [-0.2, 0) is 9.59 Å². The van der Waals surface area contributed by atoms with Crippen LogP contribution < -0.4 is 15.4 Å². The molecular weight excluding hydrogens is 390 g/mol. The van der Waals surface area contributed by atoms with Crippen LogP contribution in [-0.4, -0.2) is 49.0 Å². The van der Waals surface area contributed by atoms with E-state index in [2.05, 4.69) is 15.5 Å². The maximum Gasteiger partial charge on any atom is 0.237 e. The number of carbonyl (C=O) groups is 2. The molecule has 2 aromatic rings. The summed E-state index contributed by atoms with van der Waals surface area (Å²) in [5.41, 5.74) is 1.97. The smallest absolute Gasteiger partial charge is 0.237 e. The molecule has 6 nitrogen and oxygen atoms in total. The summed E-state index contributed by atoms with van der Waals surface area (Å²) in [5.74, 6) is 0.622. The van der Waals surface area contributed by atoms with E-state index >= 15 is 0 Å². The van der Waals surface area contributed by atoms with E-state index in [0.29, 0.717) is 12.6 Å². The average Bonchev–Trinajstić information content (AvgIpc) is 3.34. The lowest BCUT2D eigenvalue weighted by molar-refractivity contribution is -0.135. The van der Waals surface area contributed by atoms with Crippen LogP contribution in [0.15, 0.2) is 54.6 Å². The highest BCUT2D eigenvalue weighted by atomic mass is 16.5.